The van der Waals surface area contributed by atoms with Crippen molar-refractivity contribution >= 4 is 16.9 Å². The average Bonchev–Trinajstić information content (AvgIpc) is 2.11. The van der Waals surface area contributed by atoms with Crippen LogP contribution in [-0.4, -0.2) is 41.1 Å². The molecule has 1 N–H and O–H groups in total. The van der Waals surface area contributed by atoms with Gasteiger partial charge in [-0.05, 0) is 25.0 Å². The lowest BCUT2D eigenvalue weighted by molar-refractivity contribution is 0.0359. The van der Waals surface area contributed by atoms with Gasteiger partial charge in [0.2, 0.25) is 6.19 Å². The van der Waals surface area contributed by atoms with Crippen molar-refractivity contribution in [3.05, 3.63) is 0 Å². The van der Waals surface area contributed by atoms with Crippen molar-refractivity contribution in [1.29, 1.82) is 5.26 Å². The van der Waals surface area contributed by atoms with Crippen LogP contribution in [0.1, 0.15) is 12.8 Å². The molecule has 5 heteroatoms. The molecule has 0 aromatic heterocycles. The van der Waals surface area contributed by atoms with Gasteiger partial charge in [-0.2, -0.15) is 5.26 Å². The molecule has 1 fully saturated rings. The molecule has 1 aliphatic rings. The zero-order valence-corrected chi connectivity index (χ0v) is 9.29. The van der Waals surface area contributed by atoms with E-state index < -0.39 is 0 Å². The van der Waals surface area contributed by atoms with Gasteiger partial charge in [-0.3, -0.25) is 0 Å². The molecule has 0 unspecified atom stereocenters. The number of nitrogens with zero attached hydrogens (tertiary/aromatic N) is 3. The second-order valence-electron chi connectivity index (χ2n) is 3.57. The summed E-state index contributed by atoms with van der Waals surface area (Å²) in [5.41, 5.74) is 0. The molecule has 0 atom stereocenters. The second kappa shape index (κ2) is 5.23. The Hall–Kier alpha value is -0.730. The van der Waals surface area contributed by atoms with E-state index >= 15 is 0 Å². The molecule has 4 nitrogen and oxygen atoms in total. The molecule has 1 aliphatic carbocycles. The van der Waals surface area contributed by atoms with Crippen LogP contribution >= 0.6 is 11.8 Å². The Balaban J connectivity index is 2.37. The molecule has 0 amide bonds. The predicted octanol–water partition coefficient (Wildman–Crippen LogP) is 0.889. The standard InChI is InChI=1S/C9H15N3OS/c1-12(9(14-2)11-6-10)5-7-3-8(13)4-7/h7-8,13H,3-5H2,1-2H3. The lowest BCUT2D eigenvalue weighted by Gasteiger charge is -2.34. The summed E-state index contributed by atoms with van der Waals surface area (Å²) in [5, 5.41) is 18.3. The van der Waals surface area contributed by atoms with E-state index in [1.807, 2.05) is 18.2 Å². The maximum atomic E-state index is 9.12. The monoisotopic (exact) mass is 213 g/mol. The first kappa shape index (κ1) is 11.3. The van der Waals surface area contributed by atoms with Crippen LogP contribution in [0.4, 0.5) is 0 Å². The van der Waals surface area contributed by atoms with Crippen molar-refractivity contribution < 1.29 is 5.11 Å². The third-order valence-electron chi connectivity index (χ3n) is 2.40. The fourth-order valence-corrected chi connectivity index (χ4v) is 2.16. The van der Waals surface area contributed by atoms with E-state index in [2.05, 4.69) is 4.99 Å². The summed E-state index contributed by atoms with van der Waals surface area (Å²) in [6, 6.07) is 0. The number of aliphatic hydroxyl groups excluding tert-OH is 1. The summed E-state index contributed by atoms with van der Waals surface area (Å²) in [6.45, 7) is 0.873. The summed E-state index contributed by atoms with van der Waals surface area (Å²) in [4.78, 5) is 5.70. The Bertz CT molecular complexity index is 255. The highest BCUT2D eigenvalue weighted by Crippen LogP contribution is 2.28. The van der Waals surface area contributed by atoms with Crippen LogP contribution < -0.4 is 0 Å². The van der Waals surface area contributed by atoms with Gasteiger partial charge < -0.3 is 10.0 Å². The molecular weight excluding hydrogens is 198 g/mol. The molecule has 0 saturated heterocycles. The van der Waals surface area contributed by atoms with Gasteiger partial charge in [-0.1, -0.05) is 11.8 Å². The quantitative estimate of drug-likeness (QED) is 0.420. The first-order chi connectivity index (χ1) is 6.67. The van der Waals surface area contributed by atoms with Crippen LogP contribution in [0, 0.1) is 17.4 Å². The fourth-order valence-electron chi connectivity index (χ4n) is 1.64. The summed E-state index contributed by atoms with van der Waals surface area (Å²) in [5.74, 6) is 0.547. The SMILES string of the molecule is CSC(=NC#N)N(C)CC1CC(O)C1. The Morgan fingerprint density at radius 2 is 2.36 bits per heavy atom. The number of rotatable bonds is 2. The number of hydrogen-bond donors (Lipinski definition) is 1. The lowest BCUT2D eigenvalue weighted by atomic mass is 9.82. The summed E-state index contributed by atoms with van der Waals surface area (Å²) in [6.07, 6.45) is 5.33. The summed E-state index contributed by atoms with van der Waals surface area (Å²) < 4.78 is 0. The molecule has 0 radical (unpaired) electrons. The van der Waals surface area contributed by atoms with Gasteiger partial charge in [0.05, 0.1) is 6.10 Å². The van der Waals surface area contributed by atoms with Crippen LogP contribution in [-0.2, 0) is 0 Å². The highest BCUT2D eigenvalue weighted by Gasteiger charge is 2.28. The Labute approximate surface area is 88.6 Å². The van der Waals surface area contributed by atoms with Crippen LogP contribution in [0.5, 0.6) is 0 Å². The normalized spacial score (nSPS) is 26.6. The molecule has 0 spiro atoms. The number of aliphatic imine (C=N–C) groups is 1. The van der Waals surface area contributed by atoms with E-state index in [1.165, 1.54) is 11.8 Å². The Kier molecular flexibility index (Phi) is 4.23. The largest absolute Gasteiger partial charge is 0.393 e. The van der Waals surface area contributed by atoms with E-state index in [0.717, 1.165) is 24.6 Å². The molecule has 1 saturated carbocycles. The van der Waals surface area contributed by atoms with Gasteiger partial charge in [0.15, 0.2) is 5.17 Å². The lowest BCUT2D eigenvalue weighted by Crippen LogP contribution is -2.38. The molecule has 1 rings (SSSR count). The summed E-state index contributed by atoms with van der Waals surface area (Å²) >= 11 is 1.47. The van der Waals surface area contributed by atoms with Crippen LogP contribution in [0.2, 0.25) is 0 Å². The topological polar surface area (TPSA) is 59.6 Å². The molecule has 0 aliphatic heterocycles. The Morgan fingerprint density at radius 3 is 2.79 bits per heavy atom. The zero-order chi connectivity index (χ0) is 10.6. The maximum absolute atomic E-state index is 9.12. The highest BCUT2D eigenvalue weighted by molar-refractivity contribution is 8.13. The van der Waals surface area contributed by atoms with Crippen molar-refractivity contribution in [2.75, 3.05) is 19.8 Å². The van der Waals surface area contributed by atoms with Crippen molar-refractivity contribution in [3.63, 3.8) is 0 Å². The van der Waals surface area contributed by atoms with Crippen molar-refractivity contribution in [3.8, 4) is 6.19 Å². The molecule has 0 aromatic carbocycles. The van der Waals surface area contributed by atoms with Crippen LogP contribution in [0.3, 0.4) is 0 Å². The highest BCUT2D eigenvalue weighted by atomic mass is 32.2. The predicted molar refractivity (Wildman–Crippen MR) is 57.9 cm³/mol. The zero-order valence-electron chi connectivity index (χ0n) is 8.47. The second-order valence-corrected chi connectivity index (χ2v) is 4.34. The van der Waals surface area contributed by atoms with Crippen molar-refractivity contribution in [1.82, 2.24) is 4.90 Å². The summed E-state index contributed by atoms with van der Waals surface area (Å²) in [7, 11) is 1.93. The first-order valence-corrected chi connectivity index (χ1v) is 5.79. The number of amidine groups is 1. The molecule has 78 valence electrons. The Morgan fingerprint density at radius 1 is 1.71 bits per heavy atom. The van der Waals surface area contributed by atoms with E-state index in [1.54, 1.807) is 6.19 Å². The smallest absolute Gasteiger partial charge is 0.208 e. The third kappa shape index (κ3) is 2.89. The van der Waals surface area contributed by atoms with Crippen molar-refractivity contribution in [2.24, 2.45) is 10.9 Å². The van der Waals surface area contributed by atoms with Crippen LogP contribution in [0.25, 0.3) is 0 Å². The van der Waals surface area contributed by atoms with Gasteiger partial charge in [-0.25, -0.2) is 0 Å². The fraction of sp³-hybridized carbons (Fsp3) is 0.778. The van der Waals surface area contributed by atoms with E-state index in [4.69, 9.17) is 10.4 Å². The molecule has 0 bridgehead atoms. The minimum absolute atomic E-state index is 0.112. The van der Waals surface area contributed by atoms with E-state index in [9.17, 15) is 0 Å². The van der Waals surface area contributed by atoms with Gasteiger partial charge >= 0.3 is 0 Å². The van der Waals surface area contributed by atoms with Gasteiger partial charge in [0.1, 0.15) is 0 Å². The first-order valence-electron chi connectivity index (χ1n) is 4.57. The number of hydrogen-bond acceptors (Lipinski definition) is 4. The number of thioether (sulfide) groups is 1. The van der Waals surface area contributed by atoms with E-state index in [0.29, 0.717) is 5.92 Å². The average molecular weight is 213 g/mol. The van der Waals surface area contributed by atoms with Gasteiger partial charge in [0, 0.05) is 13.6 Å². The third-order valence-corrected chi connectivity index (χ3v) is 3.17. The van der Waals surface area contributed by atoms with Crippen molar-refractivity contribution in [2.45, 2.75) is 18.9 Å². The van der Waals surface area contributed by atoms with E-state index in [-0.39, 0.29) is 6.10 Å². The molecular formula is C9H15N3OS. The minimum Gasteiger partial charge on any atom is -0.393 e. The minimum atomic E-state index is -0.112. The molecule has 14 heavy (non-hydrogen) atoms. The van der Waals surface area contributed by atoms with Gasteiger partial charge in [0.25, 0.3) is 0 Å². The number of aliphatic hydroxyl groups is 1. The molecule has 0 heterocycles. The maximum Gasteiger partial charge on any atom is 0.208 e. The van der Waals surface area contributed by atoms with Gasteiger partial charge in [-0.15, -0.1) is 4.99 Å². The van der Waals surface area contributed by atoms with Crippen LogP contribution in [0.15, 0.2) is 4.99 Å². The number of nitriles is 1. The molecule has 0 aromatic rings.